The van der Waals surface area contributed by atoms with Crippen molar-refractivity contribution in [2.75, 3.05) is 5.75 Å². The third-order valence-electron chi connectivity index (χ3n) is 3.99. The topological polar surface area (TPSA) is 72.7 Å². The van der Waals surface area contributed by atoms with Gasteiger partial charge in [0.15, 0.2) is 11.0 Å². The van der Waals surface area contributed by atoms with Crippen molar-refractivity contribution in [2.45, 2.75) is 11.7 Å². The van der Waals surface area contributed by atoms with Crippen molar-refractivity contribution in [2.24, 2.45) is 0 Å². The number of hydrogen-bond donors (Lipinski definition) is 1. The van der Waals surface area contributed by atoms with Crippen LogP contribution in [0.25, 0.3) is 17.1 Å². The number of nitrogens with zero attached hydrogens (tertiary/aromatic N) is 4. The fourth-order valence-corrected chi connectivity index (χ4v) is 4.87. The molecule has 0 fully saturated rings. The molecule has 0 aliphatic heterocycles. The molecule has 3 aromatic heterocycles. The SMILES string of the molecule is O=C(CSc1nnc(-c2cccnc2)n1-c1ccccc1)NCc1ccc(Br)s1. The number of thioether (sulfide) groups is 1. The van der Waals surface area contributed by atoms with Crippen LogP contribution in [0.1, 0.15) is 4.88 Å². The highest BCUT2D eigenvalue weighted by Crippen LogP contribution is 2.27. The van der Waals surface area contributed by atoms with E-state index in [-0.39, 0.29) is 11.7 Å². The Morgan fingerprint density at radius 2 is 1.97 bits per heavy atom. The summed E-state index contributed by atoms with van der Waals surface area (Å²) in [5.41, 5.74) is 1.80. The number of nitrogens with one attached hydrogen (secondary N) is 1. The fraction of sp³-hybridized carbons (Fsp3) is 0.100. The third-order valence-corrected chi connectivity index (χ3v) is 6.54. The molecular weight excluding hydrogens is 470 g/mol. The number of carbonyl (C=O) groups is 1. The van der Waals surface area contributed by atoms with E-state index in [1.54, 1.807) is 23.7 Å². The summed E-state index contributed by atoms with van der Waals surface area (Å²) in [5.74, 6) is 0.894. The Kier molecular flexibility index (Phi) is 6.38. The summed E-state index contributed by atoms with van der Waals surface area (Å²) in [5, 5.41) is 12.3. The lowest BCUT2D eigenvalue weighted by Gasteiger charge is -2.10. The van der Waals surface area contributed by atoms with Gasteiger partial charge < -0.3 is 5.32 Å². The van der Waals surface area contributed by atoms with Crippen molar-refractivity contribution >= 4 is 44.9 Å². The molecule has 0 aliphatic carbocycles. The minimum absolute atomic E-state index is 0.0509. The van der Waals surface area contributed by atoms with Crippen LogP contribution < -0.4 is 5.32 Å². The van der Waals surface area contributed by atoms with Crippen LogP contribution in [-0.2, 0) is 11.3 Å². The second-order valence-corrected chi connectivity index (χ2v) is 9.48. The summed E-state index contributed by atoms with van der Waals surface area (Å²) < 4.78 is 3.00. The lowest BCUT2D eigenvalue weighted by atomic mass is 10.2. The zero-order chi connectivity index (χ0) is 20.1. The molecule has 4 rings (SSSR count). The van der Waals surface area contributed by atoms with E-state index >= 15 is 0 Å². The Hall–Kier alpha value is -2.49. The molecule has 0 unspecified atom stereocenters. The molecule has 29 heavy (non-hydrogen) atoms. The van der Waals surface area contributed by atoms with Gasteiger partial charge in [-0.05, 0) is 52.3 Å². The third kappa shape index (κ3) is 4.92. The van der Waals surface area contributed by atoms with Gasteiger partial charge in [-0.25, -0.2) is 0 Å². The number of carbonyl (C=O) groups excluding carboxylic acids is 1. The zero-order valence-corrected chi connectivity index (χ0v) is 18.4. The van der Waals surface area contributed by atoms with Crippen LogP contribution in [-0.4, -0.2) is 31.4 Å². The molecule has 146 valence electrons. The van der Waals surface area contributed by atoms with Gasteiger partial charge >= 0.3 is 0 Å². The largest absolute Gasteiger partial charge is 0.350 e. The normalized spacial score (nSPS) is 10.8. The van der Waals surface area contributed by atoms with Crippen molar-refractivity contribution in [1.82, 2.24) is 25.1 Å². The van der Waals surface area contributed by atoms with Crippen LogP contribution in [0.5, 0.6) is 0 Å². The first-order valence-electron chi connectivity index (χ1n) is 8.75. The number of benzene rings is 1. The molecule has 0 saturated heterocycles. The minimum Gasteiger partial charge on any atom is -0.350 e. The van der Waals surface area contributed by atoms with Gasteiger partial charge in [0, 0.05) is 28.5 Å². The lowest BCUT2D eigenvalue weighted by molar-refractivity contribution is -0.118. The van der Waals surface area contributed by atoms with Gasteiger partial charge in [0.1, 0.15) is 0 Å². The highest BCUT2D eigenvalue weighted by atomic mass is 79.9. The Balaban J connectivity index is 1.51. The fourth-order valence-electron chi connectivity index (χ4n) is 2.67. The Morgan fingerprint density at radius 1 is 1.10 bits per heavy atom. The quantitative estimate of drug-likeness (QED) is 0.388. The summed E-state index contributed by atoms with van der Waals surface area (Å²) in [7, 11) is 0. The maximum atomic E-state index is 12.3. The maximum Gasteiger partial charge on any atom is 0.230 e. The first kappa shape index (κ1) is 19.8. The Labute approximate surface area is 184 Å². The van der Waals surface area contributed by atoms with Gasteiger partial charge in [0.05, 0.1) is 16.1 Å². The van der Waals surface area contributed by atoms with E-state index in [9.17, 15) is 4.79 Å². The van der Waals surface area contributed by atoms with E-state index in [1.807, 2.05) is 59.2 Å². The van der Waals surface area contributed by atoms with Crippen LogP contribution in [0.4, 0.5) is 0 Å². The molecule has 1 aromatic carbocycles. The van der Waals surface area contributed by atoms with Gasteiger partial charge in [-0.3, -0.25) is 14.3 Å². The second-order valence-electron chi connectivity index (χ2n) is 5.99. The molecule has 1 amide bonds. The first-order chi connectivity index (χ1) is 14.2. The van der Waals surface area contributed by atoms with Crippen LogP contribution in [0.15, 0.2) is 75.9 Å². The van der Waals surface area contributed by atoms with Crippen molar-refractivity contribution in [1.29, 1.82) is 0 Å². The zero-order valence-electron chi connectivity index (χ0n) is 15.2. The molecule has 0 aliphatic rings. The van der Waals surface area contributed by atoms with E-state index in [0.717, 1.165) is 19.9 Å². The van der Waals surface area contributed by atoms with Crippen molar-refractivity contribution < 1.29 is 4.79 Å². The average Bonchev–Trinajstić information content (AvgIpc) is 3.38. The molecule has 6 nitrogen and oxygen atoms in total. The monoisotopic (exact) mass is 485 g/mol. The van der Waals surface area contributed by atoms with E-state index < -0.39 is 0 Å². The summed E-state index contributed by atoms with van der Waals surface area (Å²) in [6.07, 6.45) is 3.47. The van der Waals surface area contributed by atoms with Crippen molar-refractivity contribution in [3.63, 3.8) is 0 Å². The molecule has 3 heterocycles. The number of hydrogen-bond acceptors (Lipinski definition) is 6. The van der Waals surface area contributed by atoms with Crippen molar-refractivity contribution in [3.05, 3.63) is 75.7 Å². The number of aromatic nitrogens is 4. The Bertz CT molecular complexity index is 1100. The summed E-state index contributed by atoms with van der Waals surface area (Å²) in [6.45, 7) is 0.516. The number of pyridine rings is 1. The molecule has 4 aromatic rings. The van der Waals surface area contributed by atoms with Crippen LogP contribution >= 0.6 is 39.0 Å². The molecule has 0 radical (unpaired) electrons. The van der Waals surface area contributed by atoms with E-state index in [4.69, 9.17) is 0 Å². The van der Waals surface area contributed by atoms with Gasteiger partial charge in [0.2, 0.25) is 5.91 Å². The summed E-state index contributed by atoms with van der Waals surface area (Å²) in [6, 6.07) is 17.6. The number of halogens is 1. The van der Waals surface area contributed by atoms with E-state index in [2.05, 4.69) is 36.4 Å². The molecule has 9 heteroatoms. The molecule has 0 saturated carbocycles. The maximum absolute atomic E-state index is 12.3. The van der Waals surface area contributed by atoms with Gasteiger partial charge in [-0.2, -0.15) is 0 Å². The number of para-hydroxylation sites is 1. The standard InChI is InChI=1S/C20H16BrN5OS2/c21-17-9-8-16(29-17)12-23-18(27)13-28-20-25-24-19(14-5-4-10-22-11-14)26(20)15-6-2-1-3-7-15/h1-11H,12-13H2,(H,23,27). The predicted octanol–water partition coefficient (Wildman–Crippen LogP) is 4.56. The number of amides is 1. The van der Waals surface area contributed by atoms with Crippen LogP contribution in [0.3, 0.4) is 0 Å². The molecule has 0 atom stereocenters. The minimum atomic E-state index is -0.0509. The van der Waals surface area contributed by atoms with E-state index in [0.29, 0.717) is 17.5 Å². The predicted molar refractivity (Wildman–Crippen MR) is 119 cm³/mol. The summed E-state index contributed by atoms with van der Waals surface area (Å²) >= 11 is 6.40. The average molecular weight is 486 g/mol. The van der Waals surface area contributed by atoms with Gasteiger partial charge in [0.25, 0.3) is 0 Å². The van der Waals surface area contributed by atoms with Crippen LogP contribution in [0.2, 0.25) is 0 Å². The second kappa shape index (κ2) is 9.34. The smallest absolute Gasteiger partial charge is 0.230 e. The number of rotatable bonds is 7. The lowest BCUT2D eigenvalue weighted by Crippen LogP contribution is -2.24. The van der Waals surface area contributed by atoms with Crippen molar-refractivity contribution in [3.8, 4) is 17.1 Å². The Morgan fingerprint density at radius 3 is 2.69 bits per heavy atom. The molecule has 1 N–H and O–H groups in total. The highest BCUT2D eigenvalue weighted by molar-refractivity contribution is 9.11. The highest BCUT2D eigenvalue weighted by Gasteiger charge is 2.17. The van der Waals surface area contributed by atoms with Gasteiger partial charge in [-0.15, -0.1) is 21.5 Å². The van der Waals surface area contributed by atoms with Gasteiger partial charge in [-0.1, -0.05) is 30.0 Å². The molecular formula is C20H16BrN5OS2. The molecule has 0 bridgehead atoms. The number of thiophene rings is 1. The molecule has 0 spiro atoms. The van der Waals surface area contributed by atoms with E-state index in [1.165, 1.54) is 11.8 Å². The first-order valence-corrected chi connectivity index (χ1v) is 11.3. The summed E-state index contributed by atoms with van der Waals surface area (Å²) in [4.78, 5) is 17.6. The van der Waals surface area contributed by atoms with Crippen LogP contribution in [0, 0.1) is 0 Å².